The van der Waals surface area contributed by atoms with Crippen molar-refractivity contribution < 1.29 is 0 Å². The lowest BCUT2D eigenvalue weighted by atomic mass is 10.0. The third-order valence-corrected chi connectivity index (χ3v) is 10.6. The first kappa shape index (κ1) is 34.4. The molecule has 8 heterocycles. The molecule has 14 heteroatoms. The Balaban J connectivity index is 1.11. The fraction of sp³-hybridized carbons (Fsp3) is 0.233. The number of pyridine rings is 2. The second-order valence-corrected chi connectivity index (χ2v) is 14.4. The van der Waals surface area contributed by atoms with Gasteiger partial charge in [-0.25, -0.2) is 39.8 Å². The number of piperidine rings is 2. The Labute approximate surface area is 330 Å². The molecule has 0 radical (unpaired) electrons. The van der Waals surface area contributed by atoms with Crippen molar-refractivity contribution in [3.8, 4) is 0 Å². The molecule has 282 valence electrons. The van der Waals surface area contributed by atoms with Gasteiger partial charge in [-0.15, -0.1) is 0 Å². The number of amidine groups is 1. The highest BCUT2D eigenvalue weighted by atomic mass is 15.4. The molecule has 2 fully saturated rings. The number of allylic oxidation sites excluding steroid dienone is 2. The molecule has 0 spiro atoms. The van der Waals surface area contributed by atoms with Crippen LogP contribution in [-0.4, -0.2) is 79.5 Å². The number of hydrogen-bond acceptors (Lipinski definition) is 14. The van der Waals surface area contributed by atoms with E-state index < -0.39 is 0 Å². The van der Waals surface area contributed by atoms with Crippen molar-refractivity contribution in [1.29, 1.82) is 0 Å². The summed E-state index contributed by atoms with van der Waals surface area (Å²) in [6.45, 7) is 4.13. The molecule has 5 aliphatic heterocycles. The van der Waals surface area contributed by atoms with Gasteiger partial charge in [-0.05, 0) is 111 Å². The Morgan fingerprint density at radius 3 is 1.74 bits per heavy atom. The van der Waals surface area contributed by atoms with Gasteiger partial charge in [0.2, 0.25) is 23.6 Å². The third-order valence-electron chi connectivity index (χ3n) is 10.6. The molecule has 10 rings (SSSR count). The van der Waals surface area contributed by atoms with Crippen LogP contribution < -0.4 is 20.4 Å². The number of rotatable bonds is 9. The summed E-state index contributed by atoms with van der Waals surface area (Å²) in [5, 5.41) is 7.20. The minimum absolute atomic E-state index is 0.299. The van der Waals surface area contributed by atoms with Gasteiger partial charge in [0, 0.05) is 61.1 Å². The quantitative estimate of drug-likeness (QED) is 0.157. The molecule has 0 aliphatic carbocycles. The first-order valence-corrected chi connectivity index (χ1v) is 19.6. The van der Waals surface area contributed by atoms with E-state index in [9.17, 15) is 0 Å². The minimum atomic E-state index is 0.299. The van der Waals surface area contributed by atoms with Crippen LogP contribution in [0.4, 0.5) is 34.4 Å². The van der Waals surface area contributed by atoms with Gasteiger partial charge < -0.3 is 20.4 Å². The lowest BCUT2D eigenvalue weighted by Crippen LogP contribution is -2.42. The lowest BCUT2D eigenvalue weighted by Gasteiger charge is -2.33. The minimum Gasteiger partial charge on any atom is -0.371 e. The molecular weight excluding hydrogens is 713 g/mol. The lowest BCUT2D eigenvalue weighted by molar-refractivity contribution is 0.578. The van der Waals surface area contributed by atoms with Crippen LogP contribution in [0.1, 0.15) is 55.5 Å². The summed E-state index contributed by atoms with van der Waals surface area (Å²) in [4.78, 5) is 48.9. The Hall–Kier alpha value is -7.09. The molecule has 0 unspecified atom stereocenters. The number of aromatic nitrogens is 5. The Morgan fingerprint density at radius 1 is 0.526 bits per heavy atom. The molecule has 5 aliphatic rings. The predicted molar refractivity (Wildman–Crippen MR) is 226 cm³/mol. The monoisotopic (exact) mass is 752 g/mol. The van der Waals surface area contributed by atoms with Gasteiger partial charge in [-0.1, -0.05) is 12.1 Å². The van der Waals surface area contributed by atoms with Crippen LogP contribution >= 0.6 is 0 Å². The van der Waals surface area contributed by atoms with E-state index in [0.717, 1.165) is 88.8 Å². The smallest absolute Gasteiger partial charge is 0.239 e. The predicted octanol–water partition coefficient (Wildman–Crippen LogP) is 7.35. The van der Waals surface area contributed by atoms with Crippen molar-refractivity contribution >= 4 is 63.5 Å². The van der Waals surface area contributed by atoms with Crippen LogP contribution in [0.3, 0.4) is 0 Å². The maximum absolute atomic E-state index is 5.17. The van der Waals surface area contributed by atoms with E-state index in [1.165, 1.54) is 51.2 Å². The second-order valence-electron chi connectivity index (χ2n) is 14.4. The Kier molecular flexibility index (Phi) is 9.18. The fourth-order valence-electron chi connectivity index (χ4n) is 7.81. The van der Waals surface area contributed by atoms with E-state index in [0.29, 0.717) is 23.6 Å². The zero-order chi connectivity index (χ0) is 38.0. The van der Waals surface area contributed by atoms with Crippen LogP contribution in [0, 0.1) is 0 Å². The molecule has 0 bridgehead atoms. The van der Waals surface area contributed by atoms with E-state index in [4.69, 9.17) is 20.0 Å². The average Bonchev–Trinajstić information content (AvgIpc) is 3.28. The topological polar surface area (TPSA) is 148 Å². The zero-order valence-electron chi connectivity index (χ0n) is 31.3. The number of hydrogen-bond donors (Lipinski definition) is 2. The largest absolute Gasteiger partial charge is 0.371 e. The summed E-state index contributed by atoms with van der Waals surface area (Å²) in [7, 11) is 0. The van der Waals surface area contributed by atoms with Gasteiger partial charge in [-0.3, -0.25) is 0 Å². The van der Waals surface area contributed by atoms with E-state index in [2.05, 4.69) is 93.9 Å². The highest BCUT2D eigenvalue weighted by molar-refractivity contribution is 6.26. The SMILES string of the molecule is C1=C(c2ccc(N3CCCCC3)cc2Nc2ccccn2)N=C2N=C(c3ncncn3)N=C3N=C(c4ccc(N5CCCCC5)cc4Nc4ccccn4)C=C1N23. The second kappa shape index (κ2) is 15.2. The number of nitrogens with one attached hydrogen (secondary N) is 2. The van der Waals surface area contributed by atoms with Crippen LogP contribution in [0.2, 0.25) is 0 Å². The maximum Gasteiger partial charge on any atom is 0.239 e. The Morgan fingerprint density at radius 2 is 1.12 bits per heavy atom. The van der Waals surface area contributed by atoms with Crippen LogP contribution in [0.15, 0.2) is 136 Å². The highest BCUT2D eigenvalue weighted by Gasteiger charge is 2.34. The van der Waals surface area contributed by atoms with E-state index in [1.807, 2.05) is 41.3 Å². The van der Waals surface area contributed by atoms with Crippen molar-refractivity contribution in [2.75, 3.05) is 46.6 Å². The van der Waals surface area contributed by atoms with E-state index in [-0.39, 0.29) is 0 Å². The standard InChI is InChI=1S/C43H40N14/c1-7-19-55(20-8-1)29-13-15-32(34(23-29)49-38-11-3-5-17-45-38)36-25-31-26-37(52-43-54-41(40-47-27-44-28-48-40)53-42(51-36)57(31)43)33-16-14-30(56-21-9-2-10-22-56)24-35(33)50-39-12-4-6-18-46-39/h3-6,11-18,23-28H,1-2,7-10,19-22H2,(H,45,49)(H,46,50). The molecular formula is C43H40N14. The van der Waals surface area contributed by atoms with Crippen LogP contribution in [-0.2, 0) is 0 Å². The van der Waals surface area contributed by atoms with Crippen molar-refractivity contribution in [2.45, 2.75) is 38.5 Å². The van der Waals surface area contributed by atoms with Crippen molar-refractivity contribution in [3.05, 3.63) is 133 Å². The van der Waals surface area contributed by atoms with Gasteiger partial charge in [0.1, 0.15) is 24.3 Å². The summed E-state index contributed by atoms with van der Waals surface area (Å²) >= 11 is 0. The van der Waals surface area contributed by atoms with Gasteiger partial charge in [-0.2, -0.15) is 9.98 Å². The molecule has 2 aromatic carbocycles. The summed E-state index contributed by atoms with van der Waals surface area (Å²) < 4.78 is 0. The van der Waals surface area contributed by atoms with Gasteiger partial charge in [0.25, 0.3) is 0 Å². The number of aliphatic imine (C=N–C) groups is 4. The Bertz CT molecular complexity index is 2370. The molecule has 0 atom stereocenters. The molecule has 5 aromatic rings. The molecule has 2 saturated heterocycles. The van der Waals surface area contributed by atoms with E-state index >= 15 is 0 Å². The summed E-state index contributed by atoms with van der Waals surface area (Å²) in [5.41, 5.74) is 8.21. The van der Waals surface area contributed by atoms with Crippen LogP contribution in [0.25, 0.3) is 5.70 Å². The normalized spacial score (nSPS) is 17.6. The van der Waals surface area contributed by atoms with Gasteiger partial charge >= 0.3 is 0 Å². The fourth-order valence-corrected chi connectivity index (χ4v) is 7.81. The third kappa shape index (κ3) is 7.12. The van der Waals surface area contributed by atoms with Crippen LogP contribution in [0.5, 0.6) is 0 Å². The average molecular weight is 753 g/mol. The molecule has 57 heavy (non-hydrogen) atoms. The summed E-state index contributed by atoms with van der Waals surface area (Å²) in [6.07, 6.45) is 17.9. The molecule has 3 aromatic heterocycles. The van der Waals surface area contributed by atoms with Crippen molar-refractivity contribution in [3.63, 3.8) is 0 Å². The number of anilines is 6. The first-order chi connectivity index (χ1) is 28.2. The zero-order valence-corrected chi connectivity index (χ0v) is 31.3. The summed E-state index contributed by atoms with van der Waals surface area (Å²) in [6, 6.07) is 24.8. The number of nitrogens with zero attached hydrogens (tertiary/aromatic N) is 12. The molecule has 0 amide bonds. The first-order valence-electron chi connectivity index (χ1n) is 19.6. The van der Waals surface area contributed by atoms with Gasteiger partial charge in [0.05, 0.1) is 28.5 Å². The summed E-state index contributed by atoms with van der Waals surface area (Å²) in [5.74, 6) is 2.95. The highest BCUT2D eigenvalue weighted by Crippen LogP contribution is 2.38. The van der Waals surface area contributed by atoms with Crippen molar-refractivity contribution in [2.24, 2.45) is 20.0 Å². The molecule has 0 saturated carbocycles. The molecule has 14 nitrogen and oxygen atoms in total. The number of guanidine groups is 2. The molecule has 2 N–H and O–H groups in total. The number of benzene rings is 2. The van der Waals surface area contributed by atoms with E-state index in [1.54, 1.807) is 12.4 Å². The van der Waals surface area contributed by atoms with Gasteiger partial charge in [0.15, 0.2) is 0 Å². The maximum atomic E-state index is 5.17. The van der Waals surface area contributed by atoms with Crippen molar-refractivity contribution in [1.82, 2.24) is 29.8 Å².